The van der Waals surface area contributed by atoms with Gasteiger partial charge in [0.1, 0.15) is 12.4 Å². The molecule has 0 radical (unpaired) electrons. The second-order valence-electron chi connectivity index (χ2n) is 9.81. The molecule has 0 amide bonds. The van der Waals surface area contributed by atoms with Crippen molar-refractivity contribution in [3.05, 3.63) is 54.1 Å². The van der Waals surface area contributed by atoms with Crippen molar-refractivity contribution < 1.29 is 47.6 Å². The first kappa shape index (κ1) is 33.5. The fraction of sp³-hybridized carbons (Fsp3) is 0.484. The number of ether oxygens (including phenoxy) is 2. The monoisotopic (exact) mass is 576 g/mol. The number of hydrogen-bond acceptors (Lipinski definition) is 6. The number of carboxylic acids is 1. The van der Waals surface area contributed by atoms with Crippen molar-refractivity contribution in [1.82, 2.24) is 0 Å². The van der Waals surface area contributed by atoms with Crippen molar-refractivity contribution in [2.45, 2.75) is 69.4 Å². The van der Waals surface area contributed by atoms with E-state index in [1.807, 2.05) is 12.2 Å². The number of carboxylic acid groups (broad SMARTS) is 1. The molecule has 1 aliphatic rings. The van der Waals surface area contributed by atoms with Gasteiger partial charge in [-0.15, -0.1) is 24.7 Å². The zero-order valence-corrected chi connectivity index (χ0v) is 22.5. The fourth-order valence-electron chi connectivity index (χ4n) is 4.54. The van der Waals surface area contributed by atoms with E-state index < -0.39 is 53.8 Å². The lowest BCUT2D eigenvalue weighted by Gasteiger charge is -2.22. The van der Waals surface area contributed by atoms with Crippen LogP contribution >= 0.6 is 0 Å². The van der Waals surface area contributed by atoms with E-state index in [-0.39, 0.29) is 44.0 Å². The Labute approximate surface area is 238 Å². The van der Waals surface area contributed by atoms with Crippen LogP contribution in [0.2, 0.25) is 0 Å². The van der Waals surface area contributed by atoms with Crippen LogP contribution in [-0.4, -0.2) is 52.2 Å². The Morgan fingerprint density at radius 3 is 2.46 bits per heavy atom. The normalized spacial score (nSPS) is 21.6. The molecule has 1 aliphatic carbocycles. The summed E-state index contributed by atoms with van der Waals surface area (Å²) in [5.74, 6) is 1.40. The summed E-state index contributed by atoms with van der Waals surface area (Å²) in [6.45, 7) is -0.331. The van der Waals surface area contributed by atoms with Crippen LogP contribution < -0.4 is 4.74 Å². The van der Waals surface area contributed by atoms with E-state index in [2.05, 4.69) is 11.8 Å². The van der Waals surface area contributed by atoms with E-state index in [1.165, 1.54) is 18.2 Å². The minimum Gasteiger partial charge on any atom is -0.489 e. The summed E-state index contributed by atoms with van der Waals surface area (Å²) < 4.78 is 50.4. The number of carbonyl (C=O) groups excluding carboxylic acids is 1. The lowest BCUT2D eigenvalue weighted by atomic mass is 9.89. The number of aliphatic hydroxyl groups excluding tert-OH is 2. The van der Waals surface area contributed by atoms with Gasteiger partial charge < -0.3 is 24.8 Å². The summed E-state index contributed by atoms with van der Waals surface area (Å²) in [6.07, 6.45) is 11.8. The molecule has 0 aromatic heterocycles. The molecule has 0 unspecified atom stereocenters. The predicted molar refractivity (Wildman–Crippen MR) is 145 cm³/mol. The van der Waals surface area contributed by atoms with Gasteiger partial charge in [-0.05, 0) is 49.5 Å². The topological polar surface area (TPSA) is 113 Å². The molecule has 0 spiro atoms. The van der Waals surface area contributed by atoms with Crippen molar-refractivity contribution in [1.29, 1.82) is 0 Å². The third-order valence-corrected chi connectivity index (χ3v) is 6.71. The molecule has 1 saturated carbocycles. The van der Waals surface area contributed by atoms with Crippen molar-refractivity contribution in [3.63, 3.8) is 0 Å². The Morgan fingerprint density at radius 2 is 1.83 bits per heavy atom. The van der Waals surface area contributed by atoms with E-state index in [1.54, 1.807) is 6.08 Å². The van der Waals surface area contributed by atoms with Crippen LogP contribution in [0.25, 0.3) is 0 Å². The Bertz CT molecular complexity index is 1130. The zero-order valence-electron chi connectivity index (χ0n) is 22.5. The molecule has 0 bridgehead atoms. The second kappa shape index (κ2) is 16.5. The third kappa shape index (κ3) is 11.3. The smallest absolute Gasteiger partial charge is 0.416 e. The number of unbranched alkanes of at least 4 members (excludes halogenated alkanes) is 1. The zero-order chi connectivity index (χ0) is 30.4. The summed E-state index contributed by atoms with van der Waals surface area (Å²) in [5.41, 5.74) is -0.899. The molecule has 7 nitrogen and oxygen atoms in total. The Kier molecular flexibility index (Phi) is 13.5. The van der Waals surface area contributed by atoms with Crippen LogP contribution in [0, 0.1) is 42.4 Å². The van der Waals surface area contributed by atoms with Crippen LogP contribution in [0.5, 0.6) is 5.75 Å². The average Bonchev–Trinajstić information content (AvgIpc) is 3.18. The van der Waals surface area contributed by atoms with Crippen molar-refractivity contribution in [3.8, 4) is 30.4 Å². The standard InChI is InChI=1S/C31H35F3O7/c1-3-10-21(11-4-2)30(39)41-24(20-40-23-13-9-12-22(18-23)31(32,33)34)16-17-26-25(27(35)19-28(26)36)14-7-5-6-8-15-29(37)38/h1-2,5,7,9,12-13,16-18,21,24-28,35-36H,6,8,10-11,14-15,19-20H2,(H,37,38)/t24-,25-,26-,27+,28-/m1/s1. The number of benzene rings is 1. The Morgan fingerprint density at radius 1 is 1.12 bits per heavy atom. The largest absolute Gasteiger partial charge is 0.489 e. The van der Waals surface area contributed by atoms with E-state index in [0.29, 0.717) is 19.3 Å². The molecule has 10 heteroatoms. The van der Waals surface area contributed by atoms with Gasteiger partial charge in [0.15, 0.2) is 6.10 Å². The number of alkyl halides is 3. The maximum Gasteiger partial charge on any atom is 0.416 e. The first-order valence-electron chi connectivity index (χ1n) is 13.2. The van der Waals surface area contributed by atoms with Crippen LogP contribution in [0.15, 0.2) is 48.6 Å². The third-order valence-electron chi connectivity index (χ3n) is 6.71. The Balaban J connectivity index is 2.19. The maximum absolute atomic E-state index is 13.1. The molecule has 0 saturated heterocycles. The number of terminal acetylenes is 2. The minimum atomic E-state index is -4.57. The van der Waals surface area contributed by atoms with Crippen molar-refractivity contribution >= 4 is 11.9 Å². The molecule has 3 N–H and O–H groups in total. The second-order valence-corrected chi connectivity index (χ2v) is 9.81. The van der Waals surface area contributed by atoms with Crippen molar-refractivity contribution in [2.24, 2.45) is 17.8 Å². The number of carbonyl (C=O) groups is 2. The van der Waals surface area contributed by atoms with Gasteiger partial charge in [0.25, 0.3) is 0 Å². The summed E-state index contributed by atoms with van der Waals surface area (Å²) in [7, 11) is 0. The maximum atomic E-state index is 13.1. The molecule has 222 valence electrons. The highest BCUT2D eigenvalue weighted by atomic mass is 19.4. The summed E-state index contributed by atoms with van der Waals surface area (Å²) in [6, 6.07) is 4.27. The molecular formula is C31H35F3O7. The molecular weight excluding hydrogens is 541 g/mol. The number of esters is 1. The highest BCUT2D eigenvalue weighted by Gasteiger charge is 2.39. The molecule has 5 atom stereocenters. The first-order valence-corrected chi connectivity index (χ1v) is 13.2. The SMILES string of the molecule is C#CCC(CC#C)C(=O)O[C@H](C=C[C@@H]1[C@@H](CC=CCCCC(=O)O)[C@@H](O)C[C@H]1O)COc1cccc(C(F)(F)F)c1. The van der Waals surface area contributed by atoms with Gasteiger partial charge in [0, 0.05) is 31.6 Å². The van der Waals surface area contributed by atoms with Gasteiger partial charge in [0.2, 0.25) is 0 Å². The van der Waals surface area contributed by atoms with Crippen LogP contribution in [-0.2, 0) is 20.5 Å². The van der Waals surface area contributed by atoms with E-state index in [4.69, 9.17) is 27.4 Å². The van der Waals surface area contributed by atoms with E-state index in [9.17, 15) is 33.0 Å². The lowest BCUT2D eigenvalue weighted by Crippen LogP contribution is -2.28. The fourth-order valence-corrected chi connectivity index (χ4v) is 4.54. The quantitative estimate of drug-likeness (QED) is 0.119. The van der Waals surface area contributed by atoms with Gasteiger partial charge in [-0.1, -0.05) is 24.3 Å². The summed E-state index contributed by atoms with van der Waals surface area (Å²) >= 11 is 0. The molecule has 1 aromatic rings. The van der Waals surface area contributed by atoms with Crippen molar-refractivity contribution in [2.75, 3.05) is 6.61 Å². The molecule has 1 aromatic carbocycles. The molecule has 2 rings (SSSR count). The lowest BCUT2D eigenvalue weighted by molar-refractivity contribution is -0.152. The molecule has 41 heavy (non-hydrogen) atoms. The average molecular weight is 577 g/mol. The van der Waals surface area contributed by atoms with Gasteiger partial charge in [-0.3, -0.25) is 9.59 Å². The number of hydrogen-bond donors (Lipinski definition) is 3. The van der Waals surface area contributed by atoms with Crippen LogP contribution in [0.4, 0.5) is 13.2 Å². The summed E-state index contributed by atoms with van der Waals surface area (Å²) in [5, 5.41) is 29.8. The molecule has 0 aliphatic heterocycles. The molecule has 0 heterocycles. The number of halogens is 3. The predicted octanol–water partition coefficient (Wildman–Crippen LogP) is 4.77. The van der Waals surface area contributed by atoms with E-state index >= 15 is 0 Å². The number of aliphatic carboxylic acids is 1. The highest BCUT2D eigenvalue weighted by molar-refractivity contribution is 5.73. The first-order chi connectivity index (χ1) is 19.5. The van der Waals surface area contributed by atoms with Crippen LogP contribution in [0.3, 0.4) is 0 Å². The summed E-state index contributed by atoms with van der Waals surface area (Å²) in [4.78, 5) is 23.4. The number of aliphatic hydroxyl groups is 2. The molecule has 1 fully saturated rings. The van der Waals surface area contributed by atoms with E-state index in [0.717, 1.165) is 12.1 Å². The van der Waals surface area contributed by atoms with Crippen LogP contribution in [0.1, 0.15) is 50.5 Å². The minimum absolute atomic E-state index is 0.0301. The number of allylic oxidation sites excluding steroid dienone is 2. The van der Waals surface area contributed by atoms with Gasteiger partial charge in [0.05, 0.1) is 23.7 Å². The van der Waals surface area contributed by atoms with Gasteiger partial charge >= 0.3 is 18.1 Å². The highest BCUT2D eigenvalue weighted by Crippen LogP contribution is 2.36. The van der Waals surface area contributed by atoms with Gasteiger partial charge in [-0.25, -0.2) is 0 Å². The number of rotatable bonds is 15. The van der Waals surface area contributed by atoms with Gasteiger partial charge in [-0.2, -0.15) is 13.2 Å². The Hall–Kier alpha value is -3.73.